The molecule has 0 aromatic heterocycles. The van der Waals surface area contributed by atoms with E-state index >= 15 is 0 Å². The van der Waals surface area contributed by atoms with Crippen LogP contribution in [0.5, 0.6) is 0 Å². The summed E-state index contributed by atoms with van der Waals surface area (Å²) in [5, 5.41) is 6.85. The highest BCUT2D eigenvalue weighted by molar-refractivity contribution is 8.14. The molecule has 1 amide bonds. The number of ketones is 1. The summed E-state index contributed by atoms with van der Waals surface area (Å²) in [5.74, 6) is 0.0799. The van der Waals surface area contributed by atoms with Gasteiger partial charge in [-0.1, -0.05) is 23.4 Å². The fourth-order valence-electron chi connectivity index (χ4n) is 1.67. The Morgan fingerprint density at radius 2 is 2.30 bits per heavy atom. The SMILES string of the molecule is CC(=O)Nc1ccc(C(=O)CSC2=NCCN2)cc1Cl. The van der Waals surface area contributed by atoms with Crippen LogP contribution in [0.3, 0.4) is 0 Å². The molecule has 0 atom stereocenters. The van der Waals surface area contributed by atoms with Gasteiger partial charge >= 0.3 is 0 Å². The van der Waals surface area contributed by atoms with Crippen LogP contribution in [0.25, 0.3) is 0 Å². The van der Waals surface area contributed by atoms with Crippen LogP contribution >= 0.6 is 23.4 Å². The molecular formula is C13H14ClN3O2S. The Labute approximate surface area is 126 Å². The van der Waals surface area contributed by atoms with E-state index in [4.69, 9.17) is 11.6 Å². The standard InChI is InChI=1S/C13H14ClN3O2S/c1-8(18)17-11-3-2-9(6-10(11)14)12(19)7-20-13-15-4-5-16-13/h2-3,6H,4-5,7H2,1H3,(H,15,16)(H,17,18). The first kappa shape index (κ1) is 14.9. The molecule has 1 heterocycles. The molecule has 0 spiro atoms. The summed E-state index contributed by atoms with van der Waals surface area (Å²) >= 11 is 7.42. The predicted octanol–water partition coefficient (Wildman–Crippen LogP) is 2.17. The van der Waals surface area contributed by atoms with E-state index in [0.717, 1.165) is 18.3 Å². The molecule has 5 nitrogen and oxygen atoms in total. The van der Waals surface area contributed by atoms with Crippen molar-refractivity contribution in [2.24, 2.45) is 4.99 Å². The summed E-state index contributed by atoms with van der Waals surface area (Å²) in [6.45, 7) is 2.99. The van der Waals surface area contributed by atoms with Crippen molar-refractivity contribution in [3.63, 3.8) is 0 Å². The molecule has 0 saturated heterocycles. The predicted molar refractivity (Wildman–Crippen MR) is 82.8 cm³/mol. The quantitative estimate of drug-likeness (QED) is 0.836. The van der Waals surface area contributed by atoms with Gasteiger partial charge in [-0.3, -0.25) is 14.6 Å². The number of rotatable bonds is 4. The van der Waals surface area contributed by atoms with Gasteiger partial charge in [0.2, 0.25) is 5.91 Å². The molecule has 1 aliphatic rings. The highest BCUT2D eigenvalue weighted by Gasteiger charge is 2.12. The van der Waals surface area contributed by atoms with Crippen molar-refractivity contribution < 1.29 is 9.59 Å². The van der Waals surface area contributed by atoms with Crippen molar-refractivity contribution in [3.05, 3.63) is 28.8 Å². The van der Waals surface area contributed by atoms with Crippen LogP contribution in [0, 0.1) is 0 Å². The second kappa shape index (κ2) is 6.76. The van der Waals surface area contributed by atoms with Gasteiger partial charge in [-0.25, -0.2) is 0 Å². The van der Waals surface area contributed by atoms with Crippen LogP contribution in [0.15, 0.2) is 23.2 Å². The number of nitrogens with one attached hydrogen (secondary N) is 2. The molecule has 0 saturated carbocycles. The lowest BCUT2D eigenvalue weighted by atomic mass is 10.1. The lowest BCUT2D eigenvalue weighted by Gasteiger charge is -2.07. The summed E-state index contributed by atoms with van der Waals surface area (Å²) in [4.78, 5) is 27.2. The van der Waals surface area contributed by atoms with E-state index in [0.29, 0.717) is 22.0 Å². The maximum Gasteiger partial charge on any atom is 0.221 e. The number of carbonyl (C=O) groups excluding carboxylic acids is 2. The Morgan fingerprint density at radius 1 is 1.50 bits per heavy atom. The molecular weight excluding hydrogens is 298 g/mol. The van der Waals surface area contributed by atoms with Crippen LogP contribution in [0.4, 0.5) is 5.69 Å². The molecule has 1 aromatic rings. The molecule has 106 valence electrons. The van der Waals surface area contributed by atoms with E-state index in [2.05, 4.69) is 15.6 Å². The fourth-order valence-corrected chi connectivity index (χ4v) is 2.72. The van der Waals surface area contributed by atoms with Crippen LogP contribution in [0.2, 0.25) is 5.02 Å². The van der Waals surface area contributed by atoms with Crippen LogP contribution in [-0.4, -0.2) is 35.7 Å². The normalized spacial score (nSPS) is 13.6. The van der Waals surface area contributed by atoms with Gasteiger partial charge in [0, 0.05) is 19.0 Å². The van der Waals surface area contributed by atoms with Gasteiger partial charge in [-0.2, -0.15) is 0 Å². The van der Waals surface area contributed by atoms with E-state index in [1.807, 2.05) is 0 Å². The minimum absolute atomic E-state index is 0.0253. The topological polar surface area (TPSA) is 70.6 Å². The number of hydrogen-bond donors (Lipinski definition) is 2. The highest BCUT2D eigenvalue weighted by Crippen LogP contribution is 2.24. The van der Waals surface area contributed by atoms with Crippen LogP contribution < -0.4 is 10.6 Å². The molecule has 2 N–H and O–H groups in total. The molecule has 1 aromatic carbocycles. The first-order valence-corrected chi connectivity index (χ1v) is 7.44. The zero-order valence-electron chi connectivity index (χ0n) is 10.9. The number of thioether (sulfide) groups is 1. The first-order valence-electron chi connectivity index (χ1n) is 6.08. The Balaban J connectivity index is 1.99. The number of hydrogen-bond acceptors (Lipinski definition) is 5. The van der Waals surface area contributed by atoms with Gasteiger partial charge in [0.25, 0.3) is 0 Å². The monoisotopic (exact) mass is 311 g/mol. The third kappa shape index (κ3) is 3.98. The summed E-state index contributed by atoms with van der Waals surface area (Å²) < 4.78 is 0. The third-order valence-electron chi connectivity index (χ3n) is 2.59. The van der Waals surface area contributed by atoms with Gasteiger partial charge in [-0.05, 0) is 18.2 Å². The number of amidine groups is 1. The number of anilines is 1. The summed E-state index contributed by atoms with van der Waals surface area (Å²) in [7, 11) is 0. The smallest absolute Gasteiger partial charge is 0.221 e. The number of benzene rings is 1. The van der Waals surface area contributed by atoms with Crippen molar-refractivity contribution in [2.75, 3.05) is 24.2 Å². The van der Waals surface area contributed by atoms with Crippen molar-refractivity contribution in [2.45, 2.75) is 6.92 Å². The lowest BCUT2D eigenvalue weighted by Crippen LogP contribution is -2.17. The van der Waals surface area contributed by atoms with E-state index in [9.17, 15) is 9.59 Å². The number of nitrogens with zero attached hydrogens (tertiary/aromatic N) is 1. The number of carbonyl (C=O) groups is 2. The minimum Gasteiger partial charge on any atom is -0.363 e. The molecule has 0 fully saturated rings. The first-order chi connectivity index (χ1) is 9.56. The van der Waals surface area contributed by atoms with E-state index in [1.54, 1.807) is 18.2 Å². The zero-order chi connectivity index (χ0) is 14.5. The number of aliphatic imine (C=N–C) groups is 1. The van der Waals surface area contributed by atoms with Gasteiger partial charge < -0.3 is 10.6 Å². The van der Waals surface area contributed by atoms with Crippen LogP contribution in [-0.2, 0) is 4.79 Å². The largest absolute Gasteiger partial charge is 0.363 e. The van der Waals surface area contributed by atoms with E-state index in [1.165, 1.54) is 18.7 Å². The van der Waals surface area contributed by atoms with Gasteiger partial charge in [0.15, 0.2) is 11.0 Å². The Bertz CT molecular complexity index is 575. The Hall–Kier alpha value is -1.53. The van der Waals surface area contributed by atoms with E-state index in [-0.39, 0.29) is 11.7 Å². The van der Waals surface area contributed by atoms with Crippen molar-refractivity contribution >= 4 is 45.9 Å². The van der Waals surface area contributed by atoms with E-state index < -0.39 is 0 Å². The molecule has 1 aliphatic heterocycles. The molecule has 7 heteroatoms. The summed E-state index contributed by atoms with van der Waals surface area (Å²) in [6.07, 6.45) is 0. The fraction of sp³-hybridized carbons (Fsp3) is 0.308. The van der Waals surface area contributed by atoms with Gasteiger partial charge in [-0.15, -0.1) is 0 Å². The number of amides is 1. The number of Topliss-reactive ketones (excluding diaryl/α,β-unsaturated/α-hetero) is 1. The number of halogens is 1. The average Bonchev–Trinajstić information content (AvgIpc) is 2.91. The van der Waals surface area contributed by atoms with Gasteiger partial charge in [0.1, 0.15) is 0 Å². The minimum atomic E-state index is -0.202. The molecule has 20 heavy (non-hydrogen) atoms. The van der Waals surface area contributed by atoms with Crippen LogP contribution in [0.1, 0.15) is 17.3 Å². The Morgan fingerprint density at radius 3 is 2.90 bits per heavy atom. The molecule has 0 bridgehead atoms. The second-order valence-corrected chi connectivity index (χ2v) is 5.57. The maximum absolute atomic E-state index is 12.0. The summed E-state index contributed by atoms with van der Waals surface area (Å²) in [6, 6.07) is 4.86. The van der Waals surface area contributed by atoms with Crippen molar-refractivity contribution in [1.29, 1.82) is 0 Å². The second-order valence-electron chi connectivity index (χ2n) is 4.20. The molecule has 0 unspecified atom stereocenters. The van der Waals surface area contributed by atoms with Crippen molar-refractivity contribution in [3.8, 4) is 0 Å². The molecule has 0 radical (unpaired) electrons. The van der Waals surface area contributed by atoms with Gasteiger partial charge in [0.05, 0.1) is 23.0 Å². The Kier molecular flexibility index (Phi) is 5.03. The van der Waals surface area contributed by atoms with Crippen molar-refractivity contribution in [1.82, 2.24) is 5.32 Å². The molecule has 0 aliphatic carbocycles. The average molecular weight is 312 g/mol. The maximum atomic E-state index is 12.0. The summed E-state index contributed by atoms with van der Waals surface area (Å²) in [5.41, 5.74) is 1.03. The highest BCUT2D eigenvalue weighted by atomic mass is 35.5. The third-order valence-corrected chi connectivity index (χ3v) is 3.85. The lowest BCUT2D eigenvalue weighted by molar-refractivity contribution is -0.114. The zero-order valence-corrected chi connectivity index (χ0v) is 12.5. The molecule has 2 rings (SSSR count).